The van der Waals surface area contributed by atoms with E-state index in [4.69, 9.17) is 106 Å². The van der Waals surface area contributed by atoms with Crippen LogP contribution in [-0.4, -0.2) is 193 Å². The van der Waals surface area contributed by atoms with Gasteiger partial charge in [-0.3, -0.25) is 38.4 Å². The van der Waals surface area contributed by atoms with Crippen LogP contribution in [0.1, 0.15) is 364 Å². The van der Waals surface area contributed by atoms with E-state index in [1.807, 2.05) is 0 Å². The molecule has 0 radical (unpaired) electrons. The number of benzene rings is 4. The first kappa shape index (κ1) is 116. The van der Waals surface area contributed by atoms with Gasteiger partial charge in [-0.1, -0.05) is 209 Å². The fraction of sp³-hybridized carbons (Fsp3) is 0.643. The monoisotopic (exact) mass is 2000 g/mol. The van der Waals surface area contributed by atoms with Crippen molar-refractivity contribution in [1.29, 1.82) is 0 Å². The number of unbranched alkanes of at least 4 members (excludes halogenated alkanes) is 24. The maximum Gasteiger partial charge on any atom is 0.305 e. The summed E-state index contributed by atoms with van der Waals surface area (Å²) in [5.41, 5.74) is 1.49. The molecule has 4 aromatic carbocycles. The van der Waals surface area contributed by atoms with E-state index in [1.165, 1.54) is 0 Å². The average Bonchev–Trinajstić information content (AvgIpc) is 1.57. The van der Waals surface area contributed by atoms with Crippen molar-refractivity contribution >= 4 is 91.9 Å². The molecule has 9 rings (SSSR count). The molecule has 0 fully saturated rings. The lowest BCUT2D eigenvalue weighted by Crippen LogP contribution is -2.09. The van der Waals surface area contributed by atoms with Crippen LogP contribution in [0.5, 0.6) is 46.0 Å². The number of carbonyl (C=O) groups is 8. The van der Waals surface area contributed by atoms with Crippen molar-refractivity contribution in [1.82, 2.24) is 39.9 Å². The molecule has 8 bridgehead atoms. The van der Waals surface area contributed by atoms with Gasteiger partial charge in [0.25, 0.3) is 0 Å². The largest absolute Gasteiger partial charge is 0.493 e. The molecule has 144 heavy (non-hydrogen) atoms. The van der Waals surface area contributed by atoms with E-state index >= 15 is 0 Å². The second kappa shape index (κ2) is 68.7. The highest BCUT2D eigenvalue weighted by Crippen LogP contribution is 2.51. The molecule has 0 atom stereocenters. The van der Waals surface area contributed by atoms with E-state index in [2.05, 4.69) is 65.4 Å². The van der Waals surface area contributed by atoms with Crippen molar-refractivity contribution in [3.63, 3.8) is 0 Å². The van der Waals surface area contributed by atoms with Crippen LogP contribution in [-0.2, 0) is 76.3 Å². The van der Waals surface area contributed by atoms with E-state index in [9.17, 15) is 38.4 Å². The van der Waals surface area contributed by atoms with Gasteiger partial charge in [-0.25, -0.2) is 29.9 Å². The molecule has 0 saturated carbocycles. The molecule has 5 heterocycles. The summed E-state index contributed by atoms with van der Waals surface area (Å²) in [5, 5.41) is 1.23. The summed E-state index contributed by atoms with van der Waals surface area (Å²) in [6.07, 6.45) is 31.9. The van der Waals surface area contributed by atoms with Crippen LogP contribution < -0.4 is 37.9 Å². The van der Waals surface area contributed by atoms with Crippen LogP contribution in [0.4, 0.5) is 0 Å². The van der Waals surface area contributed by atoms with E-state index in [1.54, 1.807) is 48.5 Å². The quantitative estimate of drug-likeness (QED) is 0.0203. The second-order valence-electron chi connectivity index (χ2n) is 36.7. The Morgan fingerprint density at radius 1 is 0.181 bits per heavy atom. The van der Waals surface area contributed by atoms with Crippen molar-refractivity contribution in [3.8, 4) is 91.5 Å². The Bertz CT molecular complexity index is 4620. The zero-order chi connectivity index (χ0) is 102. The summed E-state index contributed by atoms with van der Waals surface area (Å²) in [7, 11) is 0. The number of esters is 8. The molecule has 2 aliphatic rings. The van der Waals surface area contributed by atoms with Crippen LogP contribution in [0, 0.1) is 0 Å². The lowest BCUT2D eigenvalue weighted by atomic mass is 10.1. The Morgan fingerprint density at radius 2 is 0.326 bits per heavy atom. The number of nitrogens with zero attached hydrogens (tertiary/aromatic N) is 6. The lowest BCUT2D eigenvalue weighted by Gasteiger charge is -2.15. The maximum atomic E-state index is 13.5. The van der Waals surface area contributed by atoms with Gasteiger partial charge in [0.1, 0.15) is 68.6 Å². The molecular weight excluding hydrogens is 1840 g/mol. The number of H-pyrrole nitrogens is 2. The minimum Gasteiger partial charge on any atom is -0.493 e. The molecule has 3 aromatic heterocycles. The van der Waals surface area contributed by atoms with Gasteiger partial charge in [0.2, 0.25) is 0 Å². The third-order valence-electron chi connectivity index (χ3n) is 24.5. The number of nitrogens with one attached hydrogen (secondary N) is 2. The van der Waals surface area contributed by atoms with Crippen molar-refractivity contribution < 1.29 is 114 Å². The van der Waals surface area contributed by atoms with Crippen LogP contribution in [0.3, 0.4) is 0 Å². The standard InChI is InChI=1S/C112H162N8O24/c1-9-17-25-33-65-137-89(121)49-41-73-129-81-57-58-82(130-74-42-50-90(122)138-66-34-26-18-10-2)98-97(81)105-113-106(98)118-108-101-85(133-77-45-53-93(125)141-69-37-29-21-13-5)61-62-86(134-78-46-54-94(126)142-70-38-30-22-14-6)102(101)110(115-108)120-112-104-88(136-80-48-56-96(128)144-72-40-32-24-16-8)64-63-87(135-79-47-55-95(127)143-71-39-31-23-15-7)103(104)111(116-112)119-109-100-84(132-76-44-52-92(124)140-68-36-28-20-12-4)60-59-83(99(100)107(114-109)117-105)131-75-43-51-91(123)139-67-35-27-19-11-3/h57-64H,9-56,65-80H2,1-8H3,(H2,113,114,115,116,117,118,119,120). The van der Waals surface area contributed by atoms with Gasteiger partial charge in [0.05, 0.1) is 150 Å². The SMILES string of the molecule is CCCCCCOC(=O)CCCOc1ccc(OCCCC(=O)OCCCCCC)c2c1-c1nc-2nc2[nH]c(nc3nc(nc4[nH]c(n1)c1c(OCCCC(=O)OCCCCCC)ccc(OCCCC(=O)OCCCCCC)c41)-c1c(OCCCC(=O)OCCCCCC)ccc(OCCCC(=O)OCCCCCC)c1-3)c1c(OCCCC(=O)OCCCCCC)ccc(OCCCC(=O)OCCCCCC)c21. The number of fused-ring (bicyclic) bond motifs is 20. The predicted molar refractivity (Wildman–Crippen MR) is 555 cm³/mol. The van der Waals surface area contributed by atoms with Crippen molar-refractivity contribution in [2.75, 3.05) is 106 Å². The first-order valence-electron chi connectivity index (χ1n) is 54.3. The second-order valence-corrected chi connectivity index (χ2v) is 36.7. The maximum absolute atomic E-state index is 13.5. The van der Waals surface area contributed by atoms with Crippen LogP contribution in [0.15, 0.2) is 48.5 Å². The highest BCUT2D eigenvalue weighted by atomic mass is 16.6. The fourth-order valence-corrected chi connectivity index (χ4v) is 16.5. The summed E-state index contributed by atoms with van der Waals surface area (Å²) >= 11 is 0. The first-order chi connectivity index (χ1) is 70.5. The summed E-state index contributed by atoms with van der Waals surface area (Å²) in [6, 6.07) is 13.9. The molecule has 7 aromatic rings. The summed E-state index contributed by atoms with van der Waals surface area (Å²) in [4.78, 5) is 149. The van der Waals surface area contributed by atoms with E-state index < -0.39 is 0 Å². The Hall–Kier alpha value is -11.6. The smallest absolute Gasteiger partial charge is 0.305 e. The molecule has 2 N–H and O–H groups in total. The number of aromatic amines is 2. The third-order valence-corrected chi connectivity index (χ3v) is 24.5. The summed E-state index contributed by atoms with van der Waals surface area (Å²) < 4.78 is 101. The number of carbonyl (C=O) groups excluding carboxylic acids is 8. The number of hydrogen-bond donors (Lipinski definition) is 2. The average molecular weight is 2000 g/mol. The number of ether oxygens (including phenoxy) is 16. The Morgan fingerprint density at radius 3 is 0.479 bits per heavy atom. The molecule has 32 heteroatoms. The van der Waals surface area contributed by atoms with Crippen molar-refractivity contribution in [2.45, 2.75) is 364 Å². The van der Waals surface area contributed by atoms with E-state index in [0.717, 1.165) is 205 Å². The van der Waals surface area contributed by atoms with Gasteiger partial charge in [0.15, 0.2) is 23.3 Å². The highest BCUT2D eigenvalue weighted by molar-refractivity contribution is 6.13. The normalized spacial score (nSPS) is 11.4. The zero-order valence-electron chi connectivity index (χ0n) is 87.4. The third kappa shape index (κ3) is 40.4. The minimum atomic E-state index is -0.375. The lowest BCUT2D eigenvalue weighted by molar-refractivity contribution is -0.144. The summed E-state index contributed by atoms with van der Waals surface area (Å²) in [6.45, 7) is 19.3. The molecule has 0 spiro atoms. The Balaban J connectivity index is 1.38. The minimum absolute atomic E-state index is 0.00113. The van der Waals surface area contributed by atoms with Crippen LogP contribution in [0.25, 0.3) is 89.7 Å². The predicted octanol–water partition coefficient (Wildman–Crippen LogP) is 25.1. The number of rotatable bonds is 80. The van der Waals surface area contributed by atoms with E-state index in [-0.39, 0.29) is 317 Å². The van der Waals surface area contributed by atoms with Gasteiger partial charge in [-0.05, 0) is 151 Å². The molecule has 0 saturated heterocycles. The molecular formula is C112H162N8O24. The van der Waals surface area contributed by atoms with Gasteiger partial charge in [-0.2, -0.15) is 0 Å². The fourth-order valence-electron chi connectivity index (χ4n) is 16.5. The van der Waals surface area contributed by atoms with Gasteiger partial charge < -0.3 is 85.8 Å². The van der Waals surface area contributed by atoms with Crippen molar-refractivity contribution in [2.24, 2.45) is 0 Å². The molecule has 794 valence electrons. The topological polar surface area (TPSA) is 393 Å². The highest BCUT2D eigenvalue weighted by Gasteiger charge is 2.34. The Labute approximate surface area is 850 Å². The van der Waals surface area contributed by atoms with Gasteiger partial charge >= 0.3 is 47.8 Å². The van der Waals surface area contributed by atoms with E-state index in [0.29, 0.717) is 74.4 Å². The first-order valence-corrected chi connectivity index (χ1v) is 54.3. The number of hydrogen-bond acceptors (Lipinski definition) is 30. The van der Waals surface area contributed by atoms with Crippen LogP contribution >= 0.6 is 0 Å². The molecule has 0 aliphatic carbocycles. The number of aromatic nitrogens is 8. The zero-order valence-corrected chi connectivity index (χ0v) is 87.4. The van der Waals surface area contributed by atoms with Gasteiger partial charge in [-0.15, -0.1) is 0 Å². The molecule has 0 unspecified atom stereocenters. The molecule has 32 nitrogen and oxygen atoms in total. The van der Waals surface area contributed by atoms with Crippen LogP contribution in [0.2, 0.25) is 0 Å². The van der Waals surface area contributed by atoms with Gasteiger partial charge in [0, 0.05) is 51.4 Å². The van der Waals surface area contributed by atoms with Crippen molar-refractivity contribution in [3.05, 3.63) is 48.5 Å². The Kier molecular flexibility index (Phi) is 55.3. The summed E-state index contributed by atoms with van der Waals surface area (Å²) in [5.74, 6) is -0.968. The molecule has 2 aliphatic heterocycles. The molecule has 0 amide bonds.